The van der Waals surface area contributed by atoms with Gasteiger partial charge in [-0.2, -0.15) is 0 Å². The van der Waals surface area contributed by atoms with Gasteiger partial charge in [-0.15, -0.1) is 11.3 Å². The standard InChI is InChI=1S/C16H21N3S/c1-13-18-15(12-20-13)10-17-16-7-3-2-6-14(16)11-19-8-4-5-9-19/h2-3,6-7,12,17H,4-5,8-11H2,1H3. The summed E-state index contributed by atoms with van der Waals surface area (Å²) in [5.41, 5.74) is 3.76. The molecule has 106 valence electrons. The second-order valence-corrected chi connectivity index (χ2v) is 6.41. The number of anilines is 1. The zero-order valence-electron chi connectivity index (χ0n) is 11.9. The van der Waals surface area contributed by atoms with Crippen LogP contribution in [0.2, 0.25) is 0 Å². The van der Waals surface area contributed by atoms with Crippen molar-refractivity contribution in [3.05, 3.63) is 45.9 Å². The SMILES string of the molecule is Cc1nc(CNc2ccccc2CN2CCCC2)cs1. The molecular formula is C16H21N3S. The molecule has 2 aromatic rings. The summed E-state index contributed by atoms with van der Waals surface area (Å²) >= 11 is 1.71. The first-order chi connectivity index (χ1) is 9.81. The van der Waals surface area contributed by atoms with Crippen molar-refractivity contribution < 1.29 is 0 Å². The number of likely N-dealkylation sites (tertiary alicyclic amines) is 1. The fourth-order valence-electron chi connectivity index (χ4n) is 2.69. The van der Waals surface area contributed by atoms with Gasteiger partial charge in [-0.3, -0.25) is 4.90 Å². The van der Waals surface area contributed by atoms with Crippen LogP contribution < -0.4 is 5.32 Å². The first-order valence-electron chi connectivity index (χ1n) is 7.26. The Hall–Kier alpha value is -1.39. The number of thiazole rings is 1. The van der Waals surface area contributed by atoms with Crippen LogP contribution in [0.1, 0.15) is 29.1 Å². The molecule has 0 spiro atoms. The second kappa shape index (κ2) is 6.37. The topological polar surface area (TPSA) is 28.2 Å². The summed E-state index contributed by atoms with van der Waals surface area (Å²) in [5.74, 6) is 0. The number of aryl methyl sites for hydroxylation is 1. The molecule has 20 heavy (non-hydrogen) atoms. The summed E-state index contributed by atoms with van der Waals surface area (Å²) in [6.45, 7) is 6.38. The Bertz CT molecular complexity index is 558. The van der Waals surface area contributed by atoms with Crippen molar-refractivity contribution in [1.82, 2.24) is 9.88 Å². The molecule has 1 aromatic carbocycles. The molecule has 1 aliphatic heterocycles. The Balaban J connectivity index is 1.65. The fourth-order valence-corrected chi connectivity index (χ4v) is 3.30. The van der Waals surface area contributed by atoms with Crippen LogP contribution in [0.15, 0.2) is 29.6 Å². The van der Waals surface area contributed by atoms with Crippen molar-refractivity contribution in [2.45, 2.75) is 32.9 Å². The van der Waals surface area contributed by atoms with Crippen molar-refractivity contribution in [1.29, 1.82) is 0 Å². The van der Waals surface area contributed by atoms with E-state index < -0.39 is 0 Å². The van der Waals surface area contributed by atoms with E-state index in [0.717, 1.165) is 23.8 Å². The number of hydrogen-bond acceptors (Lipinski definition) is 4. The third kappa shape index (κ3) is 3.38. The molecule has 0 amide bonds. The number of para-hydroxylation sites is 1. The van der Waals surface area contributed by atoms with E-state index in [0.29, 0.717) is 0 Å². The minimum atomic E-state index is 0.807. The lowest BCUT2D eigenvalue weighted by Crippen LogP contribution is -2.19. The molecule has 1 fully saturated rings. The minimum Gasteiger partial charge on any atom is -0.379 e. The molecule has 0 aliphatic carbocycles. The molecule has 1 aliphatic rings. The number of hydrogen-bond donors (Lipinski definition) is 1. The summed E-state index contributed by atoms with van der Waals surface area (Å²) in [5, 5.41) is 6.80. The summed E-state index contributed by atoms with van der Waals surface area (Å²) in [7, 11) is 0. The molecule has 1 N–H and O–H groups in total. The van der Waals surface area contributed by atoms with Crippen molar-refractivity contribution in [3.8, 4) is 0 Å². The van der Waals surface area contributed by atoms with Gasteiger partial charge in [0.05, 0.1) is 17.2 Å². The third-order valence-corrected chi connectivity index (χ3v) is 4.56. The number of aromatic nitrogens is 1. The number of benzene rings is 1. The normalized spacial score (nSPS) is 15.7. The van der Waals surface area contributed by atoms with Crippen LogP contribution in [-0.4, -0.2) is 23.0 Å². The van der Waals surface area contributed by atoms with Gasteiger partial charge in [0.25, 0.3) is 0 Å². The largest absolute Gasteiger partial charge is 0.379 e. The van der Waals surface area contributed by atoms with Gasteiger partial charge >= 0.3 is 0 Å². The van der Waals surface area contributed by atoms with Crippen LogP contribution in [0.25, 0.3) is 0 Å². The smallest absolute Gasteiger partial charge is 0.0898 e. The summed E-state index contributed by atoms with van der Waals surface area (Å²) in [4.78, 5) is 7.04. The van der Waals surface area contributed by atoms with E-state index in [1.165, 1.54) is 37.2 Å². The molecule has 0 unspecified atom stereocenters. The first-order valence-corrected chi connectivity index (χ1v) is 8.14. The lowest BCUT2D eigenvalue weighted by molar-refractivity contribution is 0.332. The third-order valence-electron chi connectivity index (χ3n) is 3.74. The molecule has 3 nitrogen and oxygen atoms in total. The highest BCUT2D eigenvalue weighted by molar-refractivity contribution is 7.09. The minimum absolute atomic E-state index is 0.807. The molecule has 0 radical (unpaired) electrons. The summed E-state index contributed by atoms with van der Waals surface area (Å²) in [6.07, 6.45) is 2.68. The van der Waals surface area contributed by atoms with Gasteiger partial charge in [0.1, 0.15) is 0 Å². The first kappa shape index (κ1) is 13.6. The second-order valence-electron chi connectivity index (χ2n) is 5.35. The maximum Gasteiger partial charge on any atom is 0.0898 e. The highest BCUT2D eigenvalue weighted by Crippen LogP contribution is 2.20. The lowest BCUT2D eigenvalue weighted by atomic mass is 10.1. The van der Waals surface area contributed by atoms with E-state index in [-0.39, 0.29) is 0 Å². The van der Waals surface area contributed by atoms with Gasteiger partial charge in [0.15, 0.2) is 0 Å². The maximum absolute atomic E-state index is 4.50. The van der Waals surface area contributed by atoms with Crippen molar-refractivity contribution in [2.24, 2.45) is 0 Å². The van der Waals surface area contributed by atoms with Gasteiger partial charge in [0.2, 0.25) is 0 Å². The van der Waals surface area contributed by atoms with Crippen LogP contribution in [0.4, 0.5) is 5.69 Å². The highest BCUT2D eigenvalue weighted by atomic mass is 32.1. The van der Waals surface area contributed by atoms with E-state index in [1.54, 1.807) is 11.3 Å². The average molecular weight is 287 g/mol. The molecule has 4 heteroatoms. The molecule has 0 saturated carbocycles. The maximum atomic E-state index is 4.50. The molecule has 1 saturated heterocycles. The van der Waals surface area contributed by atoms with Gasteiger partial charge < -0.3 is 5.32 Å². The van der Waals surface area contributed by atoms with Crippen molar-refractivity contribution >= 4 is 17.0 Å². The van der Waals surface area contributed by atoms with Crippen molar-refractivity contribution in [2.75, 3.05) is 18.4 Å². The van der Waals surface area contributed by atoms with E-state index in [9.17, 15) is 0 Å². The zero-order chi connectivity index (χ0) is 13.8. The molecule has 2 heterocycles. The monoisotopic (exact) mass is 287 g/mol. The predicted octanol–water partition coefficient (Wildman–Crippen LogP) is 3.66. The van der Waals surface area contributed by atoms with Gasteiger partial charge in [0, 0.05) is 17.6 Å². The molecule has 3 rings (SSSR count). The average Bonchev–Trinajstić information content (AvgIpc) is 3.10. The Labute approximate surface area is 124 Å². The van der Waals surface area contributed by atoms with E-state index in [4.69, 9.17) is 0 Å². The van der Waals surface area contributed by atoms with Crippen LogP contribution in [0.3, 0.4) is 0 Å². The van der Waals surface area contributed by atoms with Crippen LogP contribution >= 0.6 is 11.3 Å². The van der Waals surface area contributed by atoms with Crippen LogP contribution in [-0.2, 0) is 13.1 Å². The number of nitrogens with one attached hydrogen (secondary N) is 1. The Kier molecular flexibility index (Phi) is 4.33. The van der Waals surface area contributed by atoms with Gasteiger partial charge in [-0.25, -0.2) is 4.98 Å². The summed E-state index contributed by atoms with van der Waals surface area (Å²) < 4.78 is 0. The molecule has 0 atom stereocenters. The highest BCUT2D eigenvalue weighted by Gasteiger charge is 2.13. The van der Waals surface area contributed by atoms with Gasteiger partial charge in [-0.1, -0.05) is 18.2 Å². The Morgan fingerprint density at radius 3 is 2.80 bits per heavy atom. The summed E-state index contributed by atoms with van der Waals surface area (Å²) in [6, 6.07) is 8.63. The van der Waals surface area contributed by atoms with Crippen LogP contribution in [0.5, 0.6) is 0 Å². The Morgan fingerprint density at radius 1 is 1.25 bits per heavy atom. The lowest BCUT2D eigenvalue weighted by Gasteiger charge is -2.18. The van der Waals surface area contributed by atoms with E-state index in [1.807, 2.05) is 0 Å². The fraction of sp³-hybridized carbons (Fsp3) is 0.438. The van der Waals surface area contributed by atoms with E-state index >= 15 is 0 Å². The number of rotatable bonds is 5. The number of nitrogens with zero attached hydrogens (tertiary/aromatic N) is 2. The Morgan fingerprint density at radius 2 is 2.05 bits per heavy atom. The molecule has 1 aromatic heterocycles. The zero-order valence-corrected chi connectivity index (χ0v) is 12.7. The molecule has 0 bridgehead atoms. The van der Waals surface area contributed by atoms with Crippen molar-refractivity contribution in [3.63, 3.8) is 0 Å². The van der Waals surface area contributed by atoms with E-state index in [2.05, 4.69) is 51.8 Å². The predicted molar refractivity (Wildman–Crippen MR) is 85.1 cm³/mol. The molecular weight excluding hydrogens is 266 g/mol. The quantitative estimate of drug-likeness (QED) is 0.909. The van der Waals surface area contributed by atoms with Gasteiger partial charge in [-0.05, 0) is 44.5 Å². The van der Waals surface area contributed by atoms with Crippen LogP contribution in [0, 0.1) is 6.92 Å².